The zero-order valence-electron chi connectivity index (χ0n) is 7.83. The zero-order valence-corrected chi connectivity index (χ0v) is 7.83. The summed E-state index contributed by atoms with van der Waals surface area (Å²) in [6, 6.07) is 10.1. The van der Waals surface area contributed by atoms with E-state index in [0.29, 0.717) is 6.54 Å². The fourth-order valence-electron chi connectivity index (χ4n) is 1.24. The van der Waals surface area contributed by atoms with E-state index in [4.69, 9.17) is 11.1 Å². The number of rotatable bonds is 4. The second-order valence-electron chi connectivity index (χ2n) is 3.18. The van der Waals surface area contributed by atoms with Crippen LogP contribution in [0.2, 0.25) is 0 Å². The largest absolute Gasteiger partial charge is 0.387 e. The predicted octanol–water partition coefficient (Wildman–Crippen LogP) is 1.05. The molecule has 3 N–H and O–H groups in total. The Morgan fingerprint density at radius 3 is 2.54 bits per heavy atom. The predicted molar refractivity (Wildman–Crippen MR) is 54.7 cm³/mol. The van der Waals surface area contributed by atoms with E-state index >= 15 is 0 Å². The number of benzene rings is 1. The highest BCUT2D eigenvalue weighted by Crippen LogP contribution is 2.01. The van der Waals surface area contributed by atoms with Crippen molar-refractivity contribution in [2.75, 3.05) is 13.6 Å². The second-order valence-corrected chi connectivity index (χ2v) is 3.18. The quantitative estimate of drug-likeness (QED) is 0.533. The van der Waals surface area contributed by atoms with Crippen molar-refractivity contribution in [2.24, 2.45) is 5.73 Å². The van der Waals surface area contributed by atoms with Gasteiger partial charge in [0.1, 0.15) is 5.84 Å². The molecule has 0 aliphatic heterocycles. The van der Waals surface area contributed by atoms with E-state index in [-0.39, 0.29) is 5.84 Å². The van der Waals surface area contributed by atoms with Crippen molar-refractivity contribution in [3.05, 3.63) is 35.9 Å². The first kappa shape index (κ1) is 9.74. The Kier molecular flexibility index (Phi) is 3.46. The van der Waals surface area contributed by atoms with Crippen molar-refractivity contribution in [3.8, 4) is 0 Å². The van der Waals surface area contributed by atoms with Gasteiger partial charge in [-0.1, -0.05) is 30.3 Å². The van der Waals surface area contributed by atoms with Crippen LogP contribution >= 0.6 is 0 Å². The first-order valence-electron chi connectivity index (χ1n) is 4.24. The van der Waals surface area contributed by atoms with E-state index in [0.717, 1.165) is 6.54 Å². The minimum absolute atomic E-state index is 0.207. The van der Waals surface area contributed by atoms with E-state index < -0.39 is 0 Å². The molecule has 0 aliphatic carbocycles. The number of amidine groups is 1. The van der Waals surface area contributed by atoms with Crippen LogP contribution in [-0.2, 0) is 6.54 Å². The summed E-state index contributed by atoms with van der Waals surface area (Å²) >= 11 is 0. The molecule has 1 rings (SSSR count). The standard InChI is InChI=1S/C10H15N3/c1-13(8-10(11)12)7-9-5-3-2-4-6-9/h2-6H,7-8H2,1H3,(H3,11,12). The summed E-state index contributed by atoms with van der Waals surface area (Å²) in [6.45, 7) is 1.36. The summed E-state index contributed by atoms with van der Waals surface area (Å²) in [5, 5.41) is 7.13. The van der Waals surface area contributed by atoms with Gasteiger partial charge in [-0.3, -0.25) is 10.3 Å². The SMILES string of the molecule is CN(CC(=N)N)Cc1ccccc1. The van der Waals surface area contributed by atoms with Gasteiger partial charge in [-0.15, -0.1) is 0 Å². The van der Waals surface area contributed by atoms with Gasteiger partial charge in [-0.05, 0) is 12.6 Å². The van der Waals surface area contributed by atoms with Crippen molar-refractivity contribution in [3.63, 3.8) is 0 Å². The summed E-state index contributed by atoms with van der Waals surface area (Å²) in [6.07, 6.45) is 0. The van der Waals surface area contributed by atoms with Crippen LogP contribution in [-0.4, -0.2) is 24.3 Å². The Hall–Kier alpha value is -1.35. The van der Waals surface area contributed by atoms with Crippen molar-refractivity contribution in [1.82, 2.24) is 4.90 Å². The number of hydrogen-bond donors (Lipinski definition) is 2. The van der Waals surface area contributed by atoms with Crippen molar-refractivity contribution < 1.29 is 0 Å². The maximum absolute atomic E-state index is 7.13. The molecule has 1 aromatic carbocycles. The number of nitrogens with two attached hydrogens (primary N) is 1. The van der Waals surface area contributed by atoms with Gasteiger partial charge in [0.15, 0.2) is 0 Å². The van der Waals surface area contributed by atoms with Gasteiger partial charge in [-0.25, -0.2) is 0 Å². The minimum atomic E-state index is 0.207. The van der Waals surface area contributed by atoms with Gasteiger partial charge >= 0.3 is 0 Å². The molecule has 3 heteroatoms. The van der Waals surface area contributed by atoms with E-state index in [1.807, 2.05) is 30.1 Å². The molecule has 0 bridgehead atoms. The first-order valence-corrected chi connectivity index (χ1v) is 4.24. The molecule has 0 aliphatic rings. The number of nitrogens with one attached hydrogen (secondary N) is 1. The van der Waals surface area contributed by atoms with Crippen LogP contribution in [0.15, 0.2) is 30.3 Å². The van der Waals surface area contributed by atoms with Crippen LogP contribution in [0.1, 0.15) is 5.56 Å². The topological polar surface area (TPSA) is 53.1 Å². The van der Waals surface area contributed by atoms with Crippen molar-refractivity contribution >= 4 is 5.84 Å². The fraction of sp³-hybridized carbons (Fsp3) is 0.300. The molecule has 0 saturated carbocycles. The molecule has 3 nitrogen and oxygen atoms in total. The molecule has 0 atom stereocenters. The van der Waals surface area contributed by atoms with Crippen LogP contribution in [0, 0.1) is 5.41 Å². The average Bonchev–Trinajstić information content (AvgIpc) is 2.04. The molecule has 0 spiro atoms. The van der Waals surface area contributed by atoms with Crippen LogP contribution in [0.5, 0.6) is 0 Å². The summed E-state index contributed by atoms with van der Waals surface area (Å²) in [5.41, 5.74) is 6.53. The van der Waals surface area contributed by atoms with E-state index in [1.54, 1.807) is 0 Å². The maximum atomic E-state index is 7.13. The molecule has 0 aromatic heterocycles. The number of nitrogens with zero attached hydrogens (tertiary/aromatic N) is 1. The lowest BCUT2D eigenvalue weighted by Crippen LogP contribution is -2.29. The Morgan fingerprint density at radius 2 is 2.00 bits per heavy atom. The summed E-state index contributed by atoms with van der Waals surface area (Å²) in [5.74, 6) is 0.207. The lowest BCUT2D eigenvalue weighted by atomic mass is 10.2. The molecule has 13 heavy (non-hydrogen) atoms. The number of hydrogen-bond acceptors (Lipinski definition) is 2. The van der Waals surface area contributed by atoms with Crippen LogP contribution in [0.4, 0.5) is 0 Å². The van der Waals surface area contributed by atoms with E-state index in [9.17, 15) is 0 Å². The molecule has 0 radical (unpaired) electrons. The highest BCUT2D eigenvalue weighted by Gasteiger charge is 2.00. The van der Waals surface area contributed by atoms with Gasteiger partial charge in [0.05, 0.1) is 6.54 Å². The lowest BCUT2D eigenvalue weighted by Gasteiger charge is -2.15. The Morgan fingerprint density at radius 1 is 1.38 bits per heavy atom. The molecular weight excluding hydrogens is 162 g/mol. The summed E-state index contributed by atoms with van der Waals surface area (Å²) in [4.78, 5) is 2.01. The third kappa shape index (κ3) is 3.71. The minimum Gasteiger partial charge on any atom is -0.387 e. The fourth-order valence-corrected chi connectivity index (χ4v) is 1.24. The molecule has 70 valence electrons. The highest BCUT2D eigenvalue weighted by atomic mass is 15.1. The summed E-state index contributed by atoms with van der Waals surface area (Å²) < 4.78 is 0. The average molecular weight is 177 g/mol. The third-order valence-electron chi connectivity index (χ3n) is 1.74. The van der Waals surface area contributed by atoms with E-state index in [2.05, 4.69) is 12.1 Å². The van der Waals surface area contributed by atoms with Crippen LogP contribution in [0.3, 0.4) is 0 Å². The van der Waals surface area contributed by atoms with Gasteiger partial charge in [0, 0.05) is 6.54 Å². The monoisotopic (exact) mass is 177 g/mol. The van der Waals surface area contributed by atoms with Gasteiger partial charge in [-0.2, -0.15) is 0 Å². The van der Waals surface area contributed by atoms with Gasteiger partial charge in [0.2, 0.25) is 0 Å². The molecule has 0 unspecified atom stereocenters. The molecule has 0 amide bonds. The zero-order chi connectivity index (χ0) is 9.68. The third-order valence-corrected chi connectivity index (χ3v) is 1.74. The Bertz CT molecular complexity index is 269. The van der Waals surface area contributed by atoms with Crippen LogP contribution in [0.25, 0.3) is 0 Å². The lowest BCUT2D eigenvalue weighted by molar-refractivity contribution is 0.372. The highest BCUT2D eigenvalue weighted by molar-refractivity contribution is 5.78. The van der Waals surface area contributed by atoms with Crippen LogP contribution < -0.4 is 5.73 Å². The van der Waals surface area contributed by atoms with Gasteiger partial charge < -0.3 is 5.73 Å². The second kappa shape index (κ2) is 4.62. The maximum Gasteiger partial charge on any atom is 0.105 e. The Labute approximate surface area is 78.7 Å². The molecule has 0 heterocycles. The van der Waals surface area contributed by atoms with E-state index in [1.165, 1.54) is 5.56 Å². The first-order chi connectivity index (χ1) is 6.18. The van der Waals surface area contributed by atoms with Crippen molar-refractivity contribution in [1.29, 1.82) is 5.41 Å². The smallest absolute Gasteiger partial charge is 0.105 e. The molecular formula is C10H15N3. The molecule has 0 saturated heterocycles. The normalized spacial score (nSPS) is 10.3. The van der Waals surface area contributed by atoms with Crippen molar-refractivity contribution in [2.45, 2.75) is 6.54 Å². The van der Waals surface area contributed by atoms with Gasteiger partial charge in [0.25, 0.3) is 0 Å². The number of likely N-dealkylation sites (N-methyl/N-ethyl adjacent to an activating group) is 1. The molecule has 0 fully saturated rings. The molecule has 1 aromatic rings. The Balaban J connectivity index is 2.45. The summed E-state index contributed by atoms with van der Waals surface area (Å²) in [7, 11) is 1.95.